The second-order valence-corrected chi connectivity index (χ2v) is 13.9. The Morgan fingerprint density at radius 1 is 0.932 bits per heavy atom. The highest BCUT2D eigenvalue weighted by Gasteiger charge is 2.44. The number of amidine groups is 1. The van der Waals surface area contributed by atoms with Gasteiger partial charge in [0.1, 0.15) is 5.84 Å². The summed E-state index contributed by atoms with van der Waals surface area (Å²) in [6, 6.07) is 21.8. The van der Waals surface area contributed by atoms with Crippen LogP contribution in [0.4, 0.5) is 5.69 Å². The van der Waals surface area contributed by atoms with E-state index in [-0.39, 0.29) is 10.8 Å². The third-order valence-corrected chi connectivity index (χ3v) is 10.5. The van der Waals surface area contributed by atoms with Gasteiger partial charge in [0.15, 0.2) is 0 Å². The summed E-state index contributed by atoms with van der Waals surface area (Å²) in [5.74, 6) is 0.903. The molecule has 2 N–H and O–H groups in total. The number of rotatable bonds is 7. The zero-order valence-electron chi connectivity index (χ0n) is 28.0. The number of nitrogens with two attached hydrogens (primary N) is 1. The molecule has 2 heteroatoms. The molecule has 0 aliphatic heterocycles. The predicted octanol–water partition coefficient (Wildman–Crippen LogP) is 11.2. The SMILES string of the molecule is C=C(C)c1ccc(C2=CC[C@]3(C)CCC(C(=C)c4ccccc4C(N)=Nc4cc(C)c(C)cc4CC)CC=C3C2(C)C)cc1. The van der Waals surface area contributed by atoms with Crippen LogP contribution in [0.5, 0.6) is 0 Å². The summed E-state index contributed by atoms with van der Waals surface area (Å²) >= 11 is 0. The van der Waals surface area contributed by atoms with Crippen molar-refractivity contribution >= 4 is 28.2 Å². The van der Waals surface area contributed by atoms with Crippen molar-refractivity contribution < 1.29 is 0 Å². The van der Waals surface area contributed by atoms with Crippen LogP contribution < -0.4 is 5.73 Å². The van der Waals surface area contributed by atoms with Crippen molar-refractivity contribution in [3.63, 3.8) is 0 Å². The molecule has 2 aliphatic rings. The molecule has 5 rings (SSSR count). The molecule has 0 saturated heterocycles. The zero-order chi connectivity index (χ0) is 31.8. The summed E-state index contributed by atoms with van der Waals surface area (Å²) in [6.45, 7) is 24.6. The third kappa shape index (κ3) is 5.92. The lowest BCUT2D eigenvalue weighted by Gasteiger charge is -2.46. The van der Waals surface area contributed by atoms with Gasteiger partial charge in [0.05, 0.1) is 5.69 Å². The van der Waals surface area contributed by atoms with E-state index in [0.29, 0.717) is 11.8 Å². The van der Waals surface area contributed by atoms with Crippen molar-refractivity contribution in [2.45, 2.75) is 80.6 Å². The number of nitrogens with zero attached hydrogens (tertiary/aromatic N) is 1. The van der Waals surface area contributed by atoms with Crippen LogP contribution >= 0.6 is 0 Å². The summed E-state index contributed by atoms with van der Waals surface area (Å²) in [5, 5.41) is 0. The van der Waals surface area contributed by atoms with E-state index in [4.69, 9.17) is 17.3 Å². The minimum absolute atomic E-state index is 0.0495. The summed E-state index contributed by atoms with van der Waals surface area (Å²) < 4.78 is 0. The molecule has 2 nitrogen and oxygen atoms in total. The lowest BCUT2D eigenvalue weighted by atomic mass is 9.58. The van der Waals surface area contributed by atoms with Crippen molar-refractivity contribution in [3.8, 4) is 0 Å². The quantitative estimate of drug-likeness (QED) is 0.168. The Hall–Kier alpha value is -3.91. The maximum absolute atomic E-state index is 6.77. The summed E-state index contributed by atoms with van der Waals surface area (Å²) in [6.07, 6.45) is 10.3. The smallest absolute Gasteiger partial charge is 0.131 e. The van der Waals surface area contributed by atoms with Crippen molar-refractivity contribution in [1.29, 1.82) is 0 Å². The van der Waals surface area contributed by atoms with Gasteiger partial charge in [-0.3, -0.25) is 0 Å². The van der Waals surface area contributed by atoms with Crippen LogP contribution in [0.25, 0.3) is 16.7 Å². The van der Waals surface area contributed by atoms with Gasteiger partial charge in [0.2, 0.25) is 0 Å². The predicted molar refractivity (Wildman–Crippen MR) is 192 cm³/mol. The van der Waals surface area contributed by atoms with Crippen molar-refractivity contribution in [2.75, 3.05) is 0 Å². The molecule has 1 unspecified atom stereocenters. The molecule has 0 fully saturated rings. The number of aliphatic imine (C=N–C) groups is 1. The van der Waals surface area contributed by atoms with Crippen LogP contribution in [-0.4, -0.2) is 5.84 Å². The average Bonchev–Trinajstić information content (AvgIpc) is 3.18. The fourth-order valence-electron chi connectivity index (χ4n) is 7.57. The number of hydrogen-bond acceptors (Lipinski definition) is 1. The van der Waals surface area contributed by atoms with Gasteiger partial charge in [-0.1, -0.05) is 119 Å². The normalized spacial score (nSPS) is 21.5. The molecule has 0 bridgehead atoms. The molecule has 44 heavy (non-hydrogen) atoms. The molecule has 3 aromatic carbocycles. The molecule has 3 aromatic rings. The summed E-state index contributed by atoms with van der Waals surface area (Å²) in [7, 11) is 0. The maximum atomic E-state index is 6.77. The van der Waals surface area contributed by atoms with Crippen LogP contribution in [-0.2, 0) is 6.42 Å². The van der Waals surface area contributed by atoms with Gasteiger partial charge < -0.3 is 5.73 Å². The molecule has 228 valence electrons. The Kier molecular flexibility index (Phi) is 8.76. The van der Waals surface area contributed by atoms with Crippen LogP contribution in [0, 0.1) is 30.6 Å². The number of allylic oxidation sites excluding steroid dienone is 6. The second kappa shape index (κ2) is 12.2. The number of aryl methyl sites for hydroxylation is 3. The Bertz CT molecular complexity index is 1690. The van der Waals surface area contributed by atoms with E-state index in [2.05, 4.69) is 128 Å². The Morgan fingerprint density at radius 2 is 1.59 bits per heavy atom. The first-order valence-corrected chi connectivity index (χ1v) is 16.3. The fourth-order valence-corrected chi connectivity index (χ4v) is 7.57. The van der Waals surface area contributed by atoms with Gasteiger partial charge in [-0.2, -0.15) is 0 Å². The van der Waals surface area contributed by atoms with Crippen LogP contribution in [0.2, 0.25) is 0 Å². The average molecular weight is 583 g/mol. The number of fused-ring (bicyclic) bond motifs is 1. The van der Waals surface area contributed by atoms with Crippen LogP contribution in [0.15, 0.2) is 96.5 Å². The minimum Gasteiger partial charge on any atom is -0.383 e. The van der Waals surface area contributed by atoms with Gasteiger partial charge >= 0.3 is 0 Å². The van der Waals surface area contributed by atoms with E-state index >= 15 is 0 Å². The summed E-state index contributed by atoms with van der Waals surface area (Å²) in [4.78, 5) is 4.98. The van der Waals surface area contributed by atoms with E-state index in [1.807, 2.05) is 0 Å². The molecule has 2 aliphatic carbocycles. The molecule has 2 atom stereocenters. The van der Waals surface area contributed by atoms with Gasteiger partial charge in [-0.25, -0.2) is 4.99 Å². The van der Waals surface area contributed by atoms with Crippen LogP contribution in [0.3, 0.4) is 0 Å². The maximum Gasteiger partial charge on any atom is 0.131 e. The van der Waals surface area contributed by atoms with Crippen molar-refractivity contribution in [3.05, 3.63) is 130 Å². The van der Waals surface area contributed by atoms with Gasteiger partial charge in [-0.15, -0.1) is 0 Å². The topological polar surface area (TPSA) is 38.4 Å². The standard InChI is InChI=1S/C42H50N2/c1-10-31-25-28(4)29(5)26-38(31)44-40(43)36-14-12-11-13-35(36)30(6)33-19-20-39-41(7,8)37(22-24-42(39,9)23-21-33)34-17-15-32(16-18-34)27(2)3/h11-18,20,22,25-26,33H,2,6,10,19,21,23-24H2,1,3-5,7-9H3,(H2,43,44)/t33?,42-/m0/s1. The molecular weight excluding hydrogens is 532 g/mol. The highest BCUT2D eigenvalue weighted by molar-refractivity contribution is 6.03. The lowest BCUT2D eigenvalue weighted by Crippen LogP contribution is -2.33. The van der Waals surface area contributed by atoms with Gasteiger partial charge in [-0.05, 0) is 115 Å². The Balaban J connectivity index is 1.44. The Labute approximate surface area is 266 Å². The summed E-state index contributed by atoms with van der Waals surface area (Å²) in [5.41, 5.74) is 21.4. The molecule has 0 heterocycles. The molecule has 0 spiro atoms. The van der Waals surface area contributed by atoms with E-state index in [1.165, 1.54) is 33.4 Å². The van der Waals surface area contributed by atoms with E-state index in [1.54, 1.807) is 5.57 Å². The van der Waals surface area contributed by atoms with Crippen LogP contribution in [0.1, 0.15) is 99.2 Å². The van der Waals surface area contributed by atoms with Gasteiger partial charge in [0.25, 0.3) is 0 Å². The van der Waals surface area contributed by atoms with E-state index in [9.17, 15) is 0 Å². The fraction of sp³-hybridized carbons (Fsp3) is 0.357. The van der Waals surface area contributed by atoms with Gasteiger partial charge in [0, 0.05) is 11.0 Å². The zero-order valence-corrected chi connectivity index (χ0v) is 28.0. The highest BCUT2D eigenvalue weighted by atomic mass is 14.9. The van der Waals surface area contributed by atoms with E-state index in [0.717, 1.165) is 60.1 Å². The van der Waals surface area contributed by atoms with Crippen molar-refractivity contribution in [2.24, 2.45) is 27.5 Å². The molecular formula is C42H50N2. The molecule has 0 saturated carbocycles. The van der Waals surface area contributed by atoms with Crippen molar-refractivity contribution in [1.82, 2.24) is 0 Å². The van der Waals surface area contributed by atoms with E-state index < -0.39 is 0 Å². The largest absolute Gasteiger partial charge is 0.383 e. The molecule has 0 amide bonds. The molecule has 0 aromatic heterocycles. The first kappa shape index (κ1) is 31.5. The highest BCUT2D eigenvalue weighted by Crippen LogP contribution is 2.58. The first-order chi connectivity index (χ1) is 20.9. The monoisotopic (exact) mass is 582 g/mol. The first-order valence-electron chi connectivity index (χ1n) is 16.3. The third-order valence-electron chi connectivity index (χ3n) is 10.5. The minimum atomic E-state index is -0.0495. The number of benzene rings is 3. The molecule has 0 radical (unpaired) electrons. The Morgan fingerprint density at radius 3 is 2.25 bits per heavy atom. The second-order valence-electron chi connectivity index (χ2n) is 13.9. The number of hydrogen-bond donors (Lipinski definition) is 1. The lowest BCUT2D eigenvalue weighted by molar-refractivity contribution is 0.293.